The number of nitriles is 1. The summed E-state index contributed by atoms with van der Waals surface area (Å²) in [5.41, 5.74) is 2.65. The van der Waals surface area contributed by atoms with Gasteiger partial charge in [0.25, 0.3) is 0 Å². The third kappa shape index (κ3) is 1.77. The second-order valence-electron chi connectivity index (χ2n) is 4.91. The van der Waals surface area contributed by atoms with Crippen LogP contribution in [0.1, 0.15) is 35.8 Å². The van der Waals surface area contributed by atoms with E-state index in [9.17, 15) is 5.26 Å². The smallest absolute Gasteiger partial charge is 0.166 e. The summed E-state index contributed by atoms with van der Waals surface area (Å²) < 4.78 is 2.08. The quantitative estimate of drug-likeness (QED) is 0.829. The Labute approximate surface area is 106 Å². The number of fused-ring (bicyclic) bond motifs is 1. The summed E-state index contributed by atoms with van der Waals surface area (Å²) >= 11 is 0. The van der Waals surface area contributed by atoms with E-state index in [-0.39, 0.29) is 0 Å². The Hall–Kier alpha value is -1.86. The van der Waals surface area contributed by atoms with Crippen LogP contribution in [0.25, 0.3) is 5.52 Å². The van der Waals surface area contributed by atoms with Crippen LogP contribution >= 0.6 is 0 Å². The predicted octanol–water partition coefficient (Wildman–Crippen LogP) is 1.98. The highest BCUT2D eigenvalue weighted by atomic mass is 15.0. The summed E-state index contributed by atoms with van der Waals surface area (Å²) in [6.07, 6.45) is 4.23. The molecule has 2 aromatic heterocycles. The molecule has 1 aliphatic heterocycles. The zero-order valence-corrected chi connectivity index (χ0v) is 10.5. The SMILES string of the molecule is Cc1ccn2c(C3CCNCC3)nc(C#N)c2c1. The molecule has 1 saturated heterocycles. The normalized spacial score (nSPS) is 16.9. The molecular formula is C14H16N4. The lowest BCUT2D eigenvalue weighted by molar-refractivity contribution is 0.444. The number of rotatable bonds is 1. The van der Waals surface area contributed by atoms with Crippen molar-refractivity contribution < 1.29 is 0 Å². The van der Waals surface area contributed by atoms with Crippen molar-refractivity contribution in [2.24, 2.45) is 0 Å². The Balaban J connectivity index is 2.14. The summed E-state index contributed by atoms with van der Waals surface area (Å²) in [4.78, 5) is 4.55. The van der Waals surface area contributed by atoms with Gasteiger partial charge in [-0.1, -0.05) is 0 Å². The fraction of sp³-hybridized carbons (Fsp3) is 0.429. The minimum Gasteiger partial charge on any atom is -0.317 e. The van der Waals surface area contributed by atoms with E-state index in [1.54, 1.807) is 0 Å². The lowest BCUT2D eigenvalue weighted by atomic mass is 9.97. The lowest BCUT2D eigenvalue weighted by Crippen LogP contribution is -2.27. The molecule has 0 unspecified atom stereocenters. The average Bonchev–Trinajstić information content (AvgIpc) is 2.77. The standard InChI is InChI=1S/C14H16N4/c1-10-4-7-18-13(8-10)12(9-15)17-14(18)11-2-5-16-6-3-11/h4,7-8,11,16H,2-3,5-6H2,1H3. The highest BCUT2D eigenvalue weighted by Crippen LogP contribution is 2.26. The van der Waals surface area contributed by atoms with Crippen LogP contribution in [-0.2, 0) is 0 Å². The monoisotopic (exact) mass is 240 g/mol. The molecule has 3 rings (SSSR count). The minimum absolute atomic E-state index is 0.462. The molecule has 2 aromatic rings. The first-order valence-corrected chi connectivity index (χ1v) is 6.39. The molecule has 0 amide bonds. The van der Waals surface area contributed by atoms with Gasteiger partial charge in [0.2, 0.25) is 0 Å². The Morgan fingerprint density at radius 3 is 2.94 bits per heavy atom. The van der Waals surface area contributed by atoms with Crippen LogP contribution in [0.4, 0.5) is 0 Å². The maximum Gasteiger partial charge on any atom is 0.166 e. The van der Waals surface area contributed by atoms with Crippen molar-refractivity contribution in [3.05, 3.63) is 35.4 Å². The molecule has 0 aliphatic carbocycles. The number of nitrogens with zero attached hydrogens (tertiary/aromatic N) is 3. The second kappa shape index (κ2) is 4.43. The molecule has 0 aromatic carbocycles. The van der Waals surface area contributed by atoms with E-state index in [0.29, 0.717) is 11.6 Å². The number of piperidine rings is 1. The molecule has 4 nitrogen and oxygen atoms in total. The lowest BCUT2D eigenvalue weighted by Gasteiger charge is -2.21. The van der Waals surface area contributed by atoms with Crippen molar-refractivity contribution in [2.75, 3.05) is 13.1 Å². The molecular weight excluding hydrogens is 224 g/mol. The van der Waals surface area contributed by atoms with Crippen LogP contribution in [0.5, 0.6) is 0 Å². The average molecular weight is 240 g/mol. The number of pyridine rings is 1. The van der Waals surface area contributed by atoms with E-state index in [1.807, 2.05) is 19.2 Å². The highest BCUT2D eigenvalue weighted by molar-refractivity contribution is 5.60. The molecule has 0 saturated carbocycles. The Morgan fingerprint density at radius 1 is 1.44 bits per heavy atom. The van der Waals surface area contributed by atoms with Crippen LogP contribution < -0.4 is 5.32 Å². The molecule has 1 fully saturated rings. The fourth-order valence-corrected chi connectivity index (χ4v) is 2.66. The molecule has 0 spiro atoms. The first kappa shape index (κ1) is 11.2. The number of aryl methyl sites for hydroxylation is 1. The van der Waals surface area contributed by atoms with Gasteiger partial charge in [-0.2, -0.15) is 5.26 Å². The molecule has 4 heteroatoms. The number of hydrogen-bond acceptors (Lipinski definition) is 3. The number of aromatic nitrogens is 2. The predicted molar refractivity (Wildman–Crippen MR) is 69.5 cm³/mol. The minimum atomic E-state index is 0.462. The van der Waals surface area contributed by atoms with Gasteiger partial charge in [-0.15, -0.1) is 0 Å². The molecule has 0 atom stereocenters. The van der Waals surface area contributed by atoms with Gasteiger partial charge in [0, 0.05) is 12.1 Å². The summed E-state index contributed by atoms with van der Waals surface area (Å²) in [6.45, 7) is 4.11. The van der Waals surface area contributed by atoms with E-state index < -0.39 is 0 Å². The van der Waals surface area contributed by atoms with Crippen LogP contribution in [0.15, 0.2) is 18.3 Å². The van der Waals surface area contributed by atoms with Gasteiger partial charge >= 0.3 is 0 Å². The maximum absolute atomic E-state index is 9.20. The van der Waals surface area contributed by atoms with Crippen molar-refractivity contribution in [3.8, 4) is 6.07 Å². The van der Waals surface area contributed by atoms with Crippen LogP contribution in [-0.4, -0.2) is 22.5 Å². The Morgan fingerprint density at radius 2 is 2.22 bits per heavy atom. The van der Waals surface area contributed by atoms with E-state index in [0.717, 1.165) is 42.8 Å². The van der Waals surface area contributed by atoms with E-state index in [2.05, 4.69) is 26.8 Å². The molecule has 0 radical (unpaired) electrons. The topological polar surface area (TPSA) is 53.1 Å². The van der Waals surface area contributed by atoms with Crippen molar-refractivity contribution in [2.45, 2.75) is 25.7 Å². The number of hydrogen-bond donors (Lipinski definition) is 1. The zero-order valence-electron chi connectivity index (χ0n) is 10.5. The van der Waals surface area contributed by atoms with Gasteiger partial charge in [-0.3, -0.25) is 0 Å². The van der Waals surface area contributed by atoms with Gasteiger partial charge in [0.1, 0.15) is 11.9 Å². The largest absolute Gasteiger partial charge is 0.317 e. The van der Waals surface area contributed by atoms with Crippen LogP contribution in [0, 0.1) is 18.3 Å². The van der Waals surface area contributed by atoms with Crippen molar-refractivity contribution in [3.63, 3.8) is 0 Å². The van der Waals surface area contributed by atoms with Crippen LogP contribution in [0.2, 0.25) is 0 Å². The van der Waals surface area contributed by atoms with Crippen molar-refractivity contribution >= 4 is 5.52 Å². The summed E-state index contributed by atoms with van der Waals surface area (Å²) in [5, 5.41) is 12.6. The zero-order chi connectivity index (χ0) is 12.5. The third-order valence-corrected chi connectivity index (χ3v) is 3.64. The van der Waals surface area contributed by atoms with Crippen molar-refractivity contribution in [1.82, 2.24) is 14.7 Å². The van der Waals surface area contributed by atoms with Gasteiger partial charge in [0.05, 0.1) is 5.52 Å². The number of nitrogens with one attached hydrogen (secondary N) is 1. The van der Waals surface area contributed by atoms with Gasteiger partial charge in [-0.05, 0) is 50.6 Å². The first-order chi connectivity index (χ1) is 8.79. The molecule has 18 heavy (non-hydrogen) atoms. The highest BCUT2D eigenvalue weighted by Gasteiger charge is 2.21. The Bertz CT molecular complexity index is 614. The summed E-state index contributed by atoms with van der Waals surface area (Å²) in [7, 11) is 0. The van der Waals surface area contributed by atoms with Crippen molar-refractivity contribution in [1.29, 1.82) is 5.26 Å². The molecule has 3 heterocycles. The summed E-state index contributed by atoms with van der Waals surface area (Å²) in [6, 6.07) is 6.32. The summed E-state index contributed by atoms with van der Waals surface area (Å²) in [5.74, 6) is 1.51. The molecule has 92 valence electrons. The molecule has 1 N–H and O–H groups in total. The van der Waals surface area contributed by atoms with Crippen LogP contribution in [0.3, 0.4) is 0 Å². The van der Waals surface area contributed by atoms with Gasteiger partial charge < -0.3 is 9.72 Å². The van der Waals surface area contributed by atoms with Gasteiger partial charge in [-0.25, -0.2) is 4.98 Å². The maximum atomic E-state index is 9.20. The molecule has 1 aliphatic rings. The van der Waals surface area contributed by atoms with E-state index >= 15 is 0 Å². The fourth-order valence-electron chi connectivity index (χ4n) is 2.66. The van der Waals surface area contributed by atoms with E-state index in [4.69, 9.17) is 0 Å². The van der Waals surface area contributed by atoms with E-state index in [1.165, 1.54) is 0 Å². The number of imidazole rings is 1. The molecule has 0 bridgehead atoms. The second-order valence-corrected chi connectivity index (χ2v) is 4.91. The Kier molecular flexibility index (Phi) is 2.77. The van der Waals surface area contributed by atoms with Gasteiger partial charge in [0.15, 0.2) is 5.69 Å². The third-order valence-electron chi connectivity index (χ3n) is 3.64. The first-order valence-electron chi connectivity index (χ1n) is 6.39.